The van der Waals surface area contributed by atoms with Gasteiger partial charge in [-0.1, -0.05) is 78.9 Å². The molecule has 0 N–H and O–H groups in total. The van der Waals surface area contributed by atoms with Crippen molar-refractivity contribution in [2.75, 3.05) is 7.11 Å². The molecule has 10 heteroatoms. The van der Waals surface area contributed by atoms with Crippen molar-refractivity contribution in [2.45, 2.75) is 33.4 Å². The molecule has 0 bridgehead atoms. The van der Waals surface area contributed by atoms with Gasteiger partial charge in [0.15, 0.2) is 0 Å². The fourth-order valence-electron chi connectivity index (χ4n) is 6.57. The van der Waals surface area contributed by atoms with Crippen molar-refractivity contribution < 1.29 is 38.0 Å². The van der Waals surface area contributed by atoms with Crippen molar-refractivity contribution in [3.8, 4) is 28.7 Å². The van der Waals surface area contributed by atoms with Gasteiger partial charge < -0.3 is 28.4 Å². The molecule has 298 valence electrons. The minimum Gasteiger partial charge on any atom is -0.496 e. The van der Waals surface area contributed by atoms with E-state index in [-0.39, 0.29) is 30.1 Å². The number of ether oxygens (including phenoxy) is 6. The van der Waals surface area contributed by atoms with Crippen LogP contribution in [0.5, 0.6) is 28.7 Å². The van der Waals surface area contributed by atoms with Crippen molar-refractivity contribution in [2.24, 2.45) is 0 Å². The van der Waals surface area contributed by atoms with E-state index in [1.165, 1.54) is 7.11 Å². The molecule has 0 unspecified atom stereocenters. The van der Waals surface area contributed by atoms with Crippen molar-refractivity contribution >= 4 is 33.7 Å². The Morgan fingerprint density at radius 1 is 0.467 bits per heavy atom. The van der Waals surface area contributed by atoms with E-state index in [9.17, 15) is 9.59 Å². The van der Waals surface area contributed by atoms with E-state index >= 15 is 0 Å². The van der Waals surface area contributed by atoms with Crippen LogP contribution in [-0.4, -0.2) is 29.0 Å². The molecule has 0 atom stereocenters. The molecule has 10 nitrogen and oxygen atoms in total. The van der Waals surface area contributed by atoms with E-state index in [1.54, 1.807) is 43.3 Å². The number of carbonyl (C=O) groups excluding carboxylic acids is 2. The van der Waals surface area contributed by atoms with Crippen LogP contribution in [-0.2, 0) is 31.2 Å². The van der Waals surface area contributed by atoms with Crippen LogP contribution in [0.15, 0.2) is 158 Å². The highest BCUT2D eigenvalue weighted by Crippen LogP contribution is 2.27. The average Bonchev–Trinajstić information content (AvgIpc) is 3.28. The van der Waals surface area contributed by atoms with Gasteiger partial charge in [-0.15, -0.1) is 0 Å². The van der Waals surface area contributed by atoms with Crippen molar-refractivity contribution in [3.05, 3.63) is 197 Å². The third-order valence-electron chi connectivity index (χ3n) is 9.69. The zero-order valence-electron chi connectivity index (χ0n) is 33.0. The first kappa shape index (κ1) is 39.1. The van der Waals surface area contributed by atoms with Crippen LogP contribution >= 0.6 is 0 Å². The molecule has 0 aliphatic rings. The van der Waals surface area contributed by atoms with Gasteiger partial charge >= 0.3 is 11.9 Å². The Kier molecular flexibility index (Phi) is 11.9. The fraction of sp³-hybridized carbons (Fsp3) is 0.120. The molecule has 6 aromatic carbocycles. The number of benzene rings is 6. The van der Waals surface area contributed by atoms with Gasteiger partial charge in [-0.05, 0) is 90.3 Å². The van der Waals surface area contributed by atoms with Gasteiger partial charge in [0, 0.05) is 22.9 Å². The average molecular weight is 797 g/mol. The van der Waals surface area contributed by atoms with Crippen molar-refractivity contribution in [1.82, 2.24) is 9.97 Å². The van der Waals surface area contributed by atoms with Crippen molar-refractivity contribution in [3.63, 3.8) is 0 Å². The zero-order valence-corrected chi connectivity index (χ0v) is 33.0. The highest BCUT2D eigenvalue weighted by molar-refractivity contribution is 6.04. The third kappa shape index (κ3) is 9.69. The van der Waals surface area contributed by atoms with E-state index in [0.29, 0.717) is 41.8 Å². The highest BCUT2D eigenvalue weighted by Gasteiger charge is 2.21. The normalized spacial score (nSPS) is 10.9. The summed E-state index contributed by atoms with van der Waals surface area (Å²) in [6.07, 6.45) is 0. The Labute approximate surface area is 346 Å². The summed E-state index contributed by atoms with van der Waals surface area (Å²) in [5, 5.41) is 2.15. The highest BCUT2D eigenvalue weighted by atomic mass is 16.6. The Hall–Kier alpha value is -7.72. The topological polar surface area (TPSA) is 115 Å². The molecule has 0 amide bonds. The molecule has 0 aliphatic heterocycles. The molecular weight excluding hydrogens is 757 g/mol. The van der Waals surface area contributed by atoms with Gasteiger partial charge in [0.05, 0.1) is 35.1 Å². The first-order valence-electron chi connectivity index (χ1n) is 19.3. The third-order valence-corrected chi connectivity index (χ3v) is 9.69. The summed E-state index contributed by atoms with van der Waals surface area (Å²) >= 11 is 0. The van der Waals surface area contributed by atoms with Crippen LogP contribution in [0, 0.1) is 6.92 Å². The lowest BCUT2D eigenvalue weighted by Crippen LogP contribution is -2.15. The molecule has 2 heterocycles. The minimum absolute atomic E-state index is 0.106. The van der Waals surface area contributed by atoms with E-state index in [0.717, 1.165) is 44.3 Å². The van der Waals surface area contributed by atoms with E-state index in [1.807, 2.05) is 121 Å². The molecule has 0 radical (unpaired) electrons. The van der Waals surface area contributed by atoms with Gasteiger partial charge in [0.25, 0.3) is 0 Å². The van der Waals surface area contributed by atoms with Crippen LogP contribution in [0.4, 0.5) is 0 Å². The minimum atomic E-state index is -0.833. The number of carbonyl (C=O) groups is 2. The Morgan fingerprint density at radius 2 is 0.933 bits per heavy atom. The van der Waals surface area contributed by atoms with Gasteiger partial charge in [0.2, 0.25) is 0 Å². The number of nitrogens with zero attached hydrogens (tertiary/aromatic N) is 2. The summed E-state index contributed by atoms with van der Waals surface area (Å²) in [6, 6.07) is 48.8. The first-order chi connectivity index (χ1) is 29.4. The molecule has 0 saturated carbocycles. The number of methoxy groups -OCH3 is 1. The van der Waals surface area contributed by atoms with Gasteiger partial charge in [-0.2, -0.15) is 0 Å². The quantitative estimate of drug-likeness (QED) is 0.0733. The van der Waals surface area contributed by atoms with Crippen LogP contribution in [0.3, 0.4) is 0 Å². The Balaban J connectivity index is 0.822. The van der Waals surface area contributed by atoms with Crippen LogP contribution in [0.2, 0.25) is 0 Å². The molecule has 8 rings (SSSR count). The fourth-order valence-corrected chi connectivity index (χ4v) is 6.57. The van der Waals surface area contributed by atoms with Crippen LogP contribution in [0.25, 0.3) is 21.8 Å². The summed E-state index contributed by atoms with van der Waals surface area (Å²) in [7, 11) is 1.45. The summed E-state index contributed by atoms with van der Waals surface area (Å²) in [5.74, 6) is 1.16. The predicted octanol–water partition coefficient (Wildman–Crippen LogP) is 10.4. The maximum atomic E-state index is 13.2. The standard InChI is InChI=1S/C50H40N2O8/c1-33-25-34(29-56-40-11-7-13-42(27-40)58-31-38-21-19-36-9-3-5-15-46(36)51-38)17-23-44(33)49(53)60-50(54)45-24-18-35(26-48(45)55-2)30-57-41-12-8-14-43(28-41)59-32-39-22-20-37-10-4-6-16-47(37)52-39/h3-28H,29-32H2,1-2H3. The molecular formula is C50H40N2O8. The number of hydrogen-bond acceptors (Lipinski definition) is 10. The molecule has 60 heavy (non-hydrogen) atoms. The molecule has 2 aromatic heterocycles. The van der Waals surface area contributed by atoms with E-state index in [4.69, 9.17) is 28.4 Å². The molecule has 0 spiro atoms. The summed E-state index contributed by atoms with van der Waals surface area (Å²) in [6.45, 7) is 2.85. The first-order valence-corrected chi connectivity index (χ1v) is 19.3. The second-order valence-electron chi connectivity index (χ2n) is 14.0. The molecule has 0 saturated heterocycles. The molecule has 0 aliphatic carbocycles. The van der Waals surface area contributed by atoms with E-state index in [2.05, 4.69) is 9.97 Å². The van der Waals surface area contributed by atoms with Crippen LogP contribution in [0.1, 0.15) is 48.8 Å². The van der Waals surface area contributed by atoms with E-state index < -0.39 is 11.9 Å². The largest absolute Gasteiger partial charge is 0.496 e. The Bertz CT molecular complexity index is 2820. The number of para-hydroxylation sites is 2. The van der Waals surface area contributed by atoms with Crippen molar-refractivity contribution in [1.29, 1.82) is 0 Å². The Morgan fingerprint density at radius 3 is 1.45 bits per heavy atom. The van der Waals surface area contributed by atoms with Gasteiger partial charge in [-0.3, -0.25) is 0 Å². The van der Waals surface area contributed by atoms with Gasteiger partial charge in [0.1, 0.15) is 60.7 Å². The lowest BCUT2D eigenvalue weighted by Gasteiger charge is -2.13. The smallest absolute Gasteiger partial charge is 0.349 e. The number of hydrogen-bond donors (Lipinski definition) is 0. The molecule has 0 fully saturated rings. The maximum Gasteiger partial charge on any atom is 0.349 e. The number of aryl methyl sites for hydroxylation is 1. The number of pyridine rings is 2. The lowest BCUT2D eigenvalue weighted by molar-refractivity contribution is 0.0395. The SMILES string of the molecule is COc1cc(COc2cccc(OCc3ccc4ccccc4n3)c2)ccc1C(=O)OC(=O)c1ccc(COc2cccc(OCc3ccc4ccccc4n3)c2)cc1C. The number of aromatic nitrogens is 2. The second-order valence-corrected chi connectivity index (χ2v) is 14.0. The van der Waals surface area contributed by atoms with Gasteiger partial charge in [-0.25, -0.2) is 19.6 Å². The maximum absolute atomic E-state index is 13.2. The summed E-state index contributed by atoms with van der Waals surface area (Å²) < 4.78 is 34.9. The number of fused-ring (bicyclic) bond motifs is 2. The summed E-state index contributed by atoms with van der Waals surface area (Å²) in [5.41, 5.74) is 6.05. The molecule has 8 aromatic rings. The zero-order chi connectivity index (χ0) is 41.3. The monoisotopic (exact) mass is 796 g/mol. The number of esters is 2. The lowest BCUT2D eigenvalue weighted by atomic mass is 10.1. The second kappa shape index (κ2) is 18.3. The predicted molar refractivity (Wildman–Crippen MR) is 228 cm³/mol. The number of rotatable bonds is 15. The van der Waals surface area contributed by atoms with Crippen LogP contribution < -0.4 is 23.7 Å². The summed E-state index contributed by atoms with van der Waals surface area (Å²) in [4.78, 5) is 35.7.